The fraction of sp³-hybridized carbons (Fsp3) is 0.444. The molecule has 1 aromatic carbocycles. The van der Waals surface area contributed by atoms with Gasteiger partial charge in [0.1, 0.15) is 13.2 Å². The molecule has 0 unspecified atom stereocenters. The number of likely N-dealkylation sites (tertiary alicyclic amines) is 1. The van der Waals surface area contributed by atoms with Crippen LogP contribution >= 0.6 is 0 Å². The van der Waals surface area contributed by atoms with Crippen LogP contribution in [0.3, 0.4) is 0 Å². The Balaban J connectivity index is 1.37. The van der Waals surface area contributed by atoms with Gasteiger partial charge >= 0.3 is 0 Å². The van der Waals surface area contributed by atoms with Crippen LogP contribution < -0.4 is 9.47 Å². The number of carbonyl (C=O) groups excluding carboxylic acids is 1. The molecule has 0 N–H and O–H groups in total. The maximum atomic E-state index is 12.7. The van der Waals surface area contributed by atoms with E-state index in [1.54, 1.807) is 12.3 Å². The minimum atomic E-state index is 0.0736. The number of nitrogens with zero attached hydrogens (tertiary/aromatic N) is 3. The summed E-state index contributed by atoms with van der Waals surface area (Å²) in [5.41, 5.74) is 0.671. The Morgan fingerprint density at radius 2 is 1.96 bits per heavy atom. The molecule has 0 atom stereocenters. The van der Waals surface area contributed by atoms with Crippen molar-refractivity contribution in [2.75, 3.05) is 26.3 Å². The molecular weight excluding hydrogens is 306 g/mol. The summed E-state index contributed by atoms with van der Waals surface area (Å²) in [6, 6.07) is 7.39. The van der Waals surface area contributed by atoms with Crippen molar-refractivity contribution in [1.29, 1.82) is 0 Å². The van der Waals surface area contributed by atoms with Crippen LogP contribution in [-0.4, -0.2) is 46.9 Å². The van der Waals surface area contributed by atoms with Crippen LogP contribution in [-0.2, 0) is 6.54 Å². The second-order valence-electron chi connectivity index (χ2n) is 6.32. The van der Waals surface area contributed by atoms with Gasteiger partial charge in [-0.3, -0.25) is 9.48 Å². The Bertz CT molecular complexity index is 706. The quantitative estimate of drug-likeness (QED) is 0.867. The lowest BCUT2D eigenvalue weighted by Gasteiger charge is -2.32. The van der Waals surface area contributed by atoms with Crippen LogP contribution in [0.1, 0.15) is 23.2 Å². The Morgan fingerprint density at radius 1 is 1.17 bits per heavy atom. The molecule has 6 nitrogen and oxygen atoms in total. The predicted octanol–water partition coefficient (Wildman–Crippen LogP) is 2.21. The SMILES string of the molecule is O=C(c1ccc2c(c1)OCCO2)N1CCC(Cn2cccn2)CC1. The molecule has 6 heteroatoms. The third-order valence-corrected chi connectivity index (χ3v) is 4.70. The van der Waals surface area contributed by atoms with E-state index in [1.165, 1.54) is 0 Å². The number of carbonyl (C=O) groups is 1. The first kappa shape index (κ1) is 15.1. The standard InChI is InChI=1S/C18H21N3O3/c22-18(15-2-3-16-17(12-15)24-11-10-23-16)20-8-4-14(5-9-20)13-21-7-1-6-19-21/h1-3,6-7,12,14H,4-5,8-11,13H2. The summed E-state index contributed by atoms with van der Waals surface area (Å²) >= 11 is 0. The van der Waals surface area contributed by atoms with Gasteiger partial charge in [-0.05, 0) is 43.0 Å². The number of benzene rings is 1. The van der Waals surface area contributed by atoms with Crippen LogP contribution in [0.5, 0.6) is 11.5 Å². The highest BCUT2D eigenvalue weighted by molar-refractivity contribution is 5.95. The summed E-state index contributed by atoms with van der Waals surface area (Å²) in [7, 11) is 0. The van der Waals surface area contributed by atoms with Gasteiger partial charge in [-0.1, -0.05) is 0 Å². The van der Waals surface area contributed by atoms with Crippen molar-refractivity contribution < 1.29 is 14.3 Å². The van der Waals surface area contributed by atoms with Crippen LogP contribution in [0.4, 0.5) is 0 Å². The number of ether oxygens (including phenoxy) is 2. The first-order valence-corrected chi connectivity index (χ1v) is 8.46. The molecule has 2 aliphatic rings. The Hall–Kier alpha value is -2.50. The number of hydrogen-bond donors (Lipinski definition) is 0. The monoisotopic (exact) mass is 327 g/mol. The van der Waals surface area contributed by atoms with E-state index in [0.717, 1.165) is 38.2 Å². The minimum Gasteiger partial charge on any atom is -0.486 e. The molecule has 3 heterocycles. The fourth-order valence-corrected chi connectivity index (χ4v) is 3.35. The summed E-state index contributed by atoms with van der Waals surface area (Å²) in [6.45, 7) is 3.60. The normalized spacial score (nSPS) is 17.8. The summed E-state index contributed by atoms with van der Waals surface area (Å²) in [4.78, 5) is 14.7. The molecule has 0 bridgehead atoms. The van der Waals surface area contributed by atoms with E-state index in [-0.39, 0.29) is 5.91 Å². The molecule has 1 saturated heterocycles. The second kappa shape index (κ2) is 6.55. The van der Waals surface area contributed by atoms with Crippen LogP contribution in [0.15, 0.2) is 36.7 Å². The van der Waals surface area contributed by atoms with E-state index >= 15 is 0 Å². The largest absolute Gasteiger partial charge is 0.486 e. The number of fused-ring (bicyclic) bond motifs is 1. The van der Waals surface area contributed by atoms with Crippen LogP contribution in [0, 0.1) is 5.92 Å². The number of piperidine rings is 1. The molecule has 1 fully saturated rings. The van der Waals surface area contributed by atoms with E-state index in [1.807, 2.05) is 34.0 Å². The third-order valence-electron chi connectivity index (χ3n) is 4.70. The van der Waals surface area contributed by atoms with E-state index < -0.39 is 0 Å². The number of rotatable bonds is 3. The summed E-state index contributed by atoms with van der Waals surface area (Å²) in [6.07, 6.45) is 5.82. The fourth-order valence-electron chi connectivity index (χ4n) is 3.35. The van der Waals surface area contributed by atoms with E-state index in [9.17, 15) is 4.79 Å². The first-order chi connectivity index (χ1) is 11.8. The molecule has 0 saturated carbocycles. The van der Waals surface area contributed by atoms with Gasteiger partial charge in [0.05, 0.1) is 0 Å². The zero-order valence-electron chi connectivity index (χ0n) is 13.6. The van der Waals surface area contributed by atoms with Crippen LogP contribution in [0.25, 0.3) is 0 Å². The third kappa shape index (κ3) is 3.09. The highest BCUT2D eigenvalue weighted by atomic mass is 16.6. The molecule has 126 valence electrons. The maximum absolute atomic E-state index is 12.7. The minimum absolute atomic E-state index is 0.0736. The smallest absolute Gasteiger partial charge is 0.253 e. The van der Waals surface area contributed by atoms with Crippen molar-refractivity contribution in [2.45, 2.75) is 19.4 Å². The van der Waals surface area contributed by atoms with Crippen molar-refractivity contribution in [3.63, 3.8) is 0 Å². The summed E-state index contributed by atoms with van der Waals surface area (Å²) < 4.78 is 13.1. The molecule has 1 amide bonds. The number of amides is 1. The Labute approximate surface area is 141 Å². The zero-order valence-corrected chi connectivity index (χ0v) is 13.6. The maximum Gasteiger partial charge on any atom is 0.253 e. The molecule has 4 rings (SSSR count). The average Bonchev–Trinajstić information content (AvgIpc) is 3.14. The zero-order chi connectivity index (χ0) is 16.4. The van der Waals surface area contributed by atoms with Gasteiger partial charge in [-0.2, -0.15) is 5.10 Å². The van der Waals surface area contributed by atoms with Gasteiger partial charge < -0.3 is 14.4 Å². The van der Waals surface area contributed by atoms with Crippen LogP contribution in [0.2, 0.25) is 0 Å². The van der Waals surface area contributed by atoms with Gasteiger partial charge in [-0.25, -0.2) is 0 Å². The van der Waals surface area contributed by atoms with Crippen molar-refractivity contribution in [3.05, 3.63) is 42.2 Å². The Morgan fingerprint density at radius 3 is 2.71 bits per heavy atom. The predicted molar refractivity (Wildman–Crippen MR) is 88.3 cm³/mol. The molecule has 2 aromatic rings. The molecule has 1 aromatic heterocycles. The number of hydrogen-bond acceptors (Lipinski definition) is 4. The Kier molecular flexibility index (Phi) is 4.11. The molecule has 0 spiro atoms. The summed E-state index contributed by atoms with van der Waals surface area (Å²) in [5.74, 6) is 2.04. The molecule has 0 radical (unpaired) electrons. The van der Waals surface area contributed by atoms with Gasteiger partial charge in [0.25, 0.3) is 5.91 Å². The van der Waals surface area contributed by atoms with Crippen molar-refractivity contribution in [3.8, 4) is 11.5 Å². The molecule has 2 aliphatic heterocycles. The average molecular weight is 327 g/mol. The lowest BCUT2D eigenvalue weighted by molar-refractivity contribution is 0.0680. The van der Waals surface area contributed by atoms with Crippen molar-refractivity contribution in [1.82, 2.24) is 14.7 Å². The topological polar surface area (TPSA) is 56.6 Å². The van der Waals surface area contributed by atoms with E-state index in [4.69, 9.17) is 9.47 Å². The highest BCUT2D eigenvalue weighted by Gasteiger charge is 2.25. The molecule has 24 heavy (non-hydrogen) atoms. The molecule has 0 aliphatic carbocycles. The number of aromatic nitrogens is 2. The van der Waals surface area contributed by atoms with Gasteiger partial charge in [-0.15, -0.1) is 0 Å². The van der Waals surface area contributed by atoms with E-state index in [2.05, 4.69) is 5.10 Å². The van der Waals surface area contributed by atoms with Gasteiger partial charge in [0, 0.05) is 37.6 Å². The molecular formula is C18H21N3O3. The van der Waals surface area contributed by atoms with Crippen molar-refractivity contribution >= 4 is 5.91 Å². The second-order valence-corrected chi connectivity index (χ2v) is 6.32. The lowest BCUT2D eigenvalue weighted by Crippen LogP contribution is -2.39. The lowest BCUT2D eigenvalue weighted by atomic mass is 9.96. The summed E-state index contributed by atoms with van der Waals surface area (Å²) in [5, 5.41) is 4.26. The first-order valence-electron chi connectivity index (χ1n) is 8.46. The highest BCUT2D eigenvalue weighted by Crippen LogP contribution is 2.31. The van der Waals surface area contributed by atoms with Gasteiger partial charge in [0.15, 0.2) is 11.5 Å². The van der Waals surface area contributed by atoms with E-state index in [0.29, 0.717) is 30.4 Å². The van der Waals surface area contributed by atoms with Crippen molar-refractivity contribution in [2.24, 2.45) is 5.92 Å². The van der Waals surface area contributed by atoms with Gasteiger partial charge in [0.2, 0.25) is 0 Å².